The Morgan fingerprint density at radius 2 is 1.39 bits per heavy atom. The van der Waals surface area contributed by atoms with E-state index >= 15 is 0 Å². The van der Waals surface area contributed by atoms with E-state index in [0.717, 1.165) is 27.6 Å². The maximum atomic E-state index is 14.9. The minimum atomic E-state index is -1.15. The zero-order valence-electron chi connectivity index (χ0n) is 61.2. The van der Waals surface area contributed by atoms with Crippen LogP contribution in [0.15, 0.2) is 78.3 Å². The predicted molar refractivity (Wildman–Crippen MR) is 382 cm³/mol. The Bertz CT molecular complexity index is 3290. The van der Waals surface area contributed by atoms with E-state index in [4.69, 9.17) is 24.7 Å². The lowest BCUT2D eigenvalue weighted by atomic mass is 9.89. The fourth-order valence-corrected chi connectivity index (χ4v) is 13.2. The van der Waals surface area contributed by atoms with E-state index in [2.05, 4.69) is 42.2 Å². The highest BCUT2D eigenvalue weighted by atomic mass is 32.1. The van der Waals surface area contributed by atoms with Crippen molar-refractivity contribution >= 4 is 88.2 Å². The van der Waals surface area contributed by atoms with Crippen molar-refractivity contribution in [1.82, 2.24) is 56.5 Å². The summed E-state index contributed by atoms with van der Waals surface area (Å²) in [5, 5.41) is 22.1. The monoisotopic (exact) mass is 1440 g/mol. The zero-order valence-corrected chi connectivity index (χ0v) is 62.0. The number of ether oxygens (including phenoxy) is 4. The molecule has 9 N–H and O–H groups in total. The molecule has 1 aromatic heterocycles. The molecule has 102 heavy (non-hydrogen) atoms. The lowest BCUT2D eigenvalue weighted by molar-refractivity contribution is -0.148. The van der Waals surface area contributed by atoms with Crippen LogP contribution >= 0.6 is 11.3 Å². The van der Waals surface area contributed by atoms with Crippen molar-refractivity contribution < 1.29 is 76.5 Å². The Labute approximate surface area is 602 Å². The highest BCUT2D eigenvalue weighted by Gasteiger charge is 2.44. The normalized spacial score (nSPS) is 16.6. The van der Waals surface area contributed by atoms with Gasteiger partial charge in [-0.2, -0.15) is 0 Å². The standard InChI is InChI=1S/C72H107N13O16S/c1-14-46(8)63(54(98-12)41-59(90)84-35-19-23-53(84)64(99-13)47(9)65(91)79-52(69-75-34-39-102-69)40-48-20-16-15-17-21-48)82(10)70(95)61(44(4)5)81-68(94)62(45(6)7)83(11)72(97)101-42-49-24-26-50(27-25-49)77-66(92)51(22-18-32-76-71(73)96)78-67(93)60(43(2)3)80-56(87)31-37-100-38-33-74-55(86)30-36-85-57(88)28-29-58(85)89/h15-17,20-21,24-29,34,39,43-47,51-54,60-64H,14,18-19,22-23,30-33,35-38,40-42H2,1-13H3,(H,74,86)(H,77,92)(H,78,93)(H,79,91)(H,80,87)(H,81,94)(H3,73,76,96)/t46-,47+,51-,52-,53-,54+,60-,61-,62-,63?,64+/m0/s1. The molecular formula is C72H107N13O16S. The number of amides is 13. The molecule has 30 heteroatoms. The van der Waals surface area contributed by atoms with Gasteiger partial charge in [-0.1, -0.05) is 111 Å². The number of anilines is 1. The van der Waals surface area contributed by atoms with Crippen molar-refractivity contribution in [2.24, 2.45) is 35.3 Å². The van der Waals surface area contributed by atoms with Crippen molar-refractivity contribution in [2.45, 2.75) is 181 Å². The molecule has 3 heterocycles. The number of urea groups is 1. The van der Waals surface area contributed by atoms with Crippen LogP contribution in [0.5, 0.6) is 0 Å². The topological polar surface area (TPSA) is 378 Å². The molecule has 0 radical (unpaired) electrons. The molecule has 1 unspecified atom stereocenters. The van der Waals surface area contributed by atoms with Crippen LogP contribution in [-0.2, 0) is 79.9 Å². The van der Waals surface area contributed by atoms with Crippen LogP contribution in [-0.4, -0.2) is 212 Å². The number of benzene rings is 2. The average molecular weight is 1440 g/mol. The van der Waals surface area contributed by atoms with Gasteiger partial charge in [-0.25, -0.2) is 14.6 Å². The van der Waals surface area contributed by atoms with Gasteiger partial charge < -0.3 is 71.7 Å². The van der Waals surface area contributed by atoms with E-state index in [1.807, 2.05) is 56.5 Å². The second kappa shape index (κ2) is 41.9. The maximum Gasteiger partial charge on any atom is 0.410 e. The fraction of sp³-hybridized carbons (Fsp3) is 0.597. The fourth-order valence-electron chi connectivity index (χ4n) is 12.5. The summed E-state index contributed by atoms with van der Waals surface area (Å²) in [5.41, 5.74) is 7.13. The summed E-state index contributed by atoms with van der Waals surface area (Å²) in [6.07, 6.45) is 4.18. The molecule has 0 spiro atoms. The number of nitrogens with one attached hydrogen (secondary N) is 7. The number of carbonyl (C=O) groups is 12. The van der Waals surface area contributed by atoms with Gasteiger partial charge in [0.05, 0.1) is 55.9 Å². The number of imide groups is 1. The van der Waals surface area contributed by atoms with Crippen LogP contribution in [0.2, 0.25) is 0 Å². The van der Waals surface area contributed by atoms with Crippen molar-refractivity contribution in [2.75, 3.05) is 73.0 Å². The van der Waals surface area contributed by atoms with Crippen molar-refractivity contribution in [3.63, 3.8) is 0 Å². The first-order chi connectivity index (χ1) is 48.5. The number of carbonyl (C=O) groups excluding carboxylic acids is 12. The molecule has 1 fully saturated rings. The number of likely N-dealkylation sites (tertiary alicyclic amines) is 1. The van der Waals surface area contributed by atoms with Gasteiger partial charge in [0.1, 0.15) is 35.8 Å². The van der Waals surface area contributed by atoms with Gasteiger partial charge in [-0.05, 0) is 79.0 Å². The zero-order chi connectivity index (χ0) is 75.3. The van der Waals surface area contributed by atoms with Gasteiger partial charge in [-0.3, -0.25) is 57.7 Å². The SMILES string of the molecule is CC[C@H](C)C([C@@H](CC(=O)N1CCC[C@H]1[C@H](OC)[C@@H](C)C(=O)N[C@@H](Cc1ccccc1)c1nccs1)OC)N(C)C(=O)[C@@H](NC(=O)[C@H](C(C)C)N(C)C(=O)OCc1ccc(NC(=O)[C@H](CCCNC(N)=O)NC(=O)[C@@H](NC(=O)CCOCCNC(=O)CCN2C(=O)C=CC2=O)C(C)C)cc1)C(C)C. The smallest absolute Gasteiger partial charge is 0.410 e. The molecule has 29 nitrogen and oxygen atoms in total. The summed E-state index contributed by atoms with van der Waals surface area (Å²) in [6.45, 7) is 16.7. The number of hydrogen-bond donors (Lipinski definition) is 8. The quantitative estimate of drug-likeness (QED) is 0.0280. The Hall–Kier alpha value is -8.87. The van der Waals surface area contributed by atoms with Gasteiger partial charge in [0.2, 0.25) is 47.3 Å². The number of nitrogens with two attached hydrogens (primary N) is 1. The molecular weight excluding hydrogens is 1330 g/mol. The Balaban J connectivity index is 1.15. The number of rotatable bonds is 42. The lowest BCUT2D eigenvalue weighted by Crippen LogP contribution is -2.60. The Morgan fingerprint density at radius 3 is 1.99 bits per heavy atom. The molecule has 13 amide bonds. The van der Waals surface area contributed by atoms with Gasteiger partial charge in [-0.15, -0.1) is 11.3 Å². The van der Waals surface area contributed by atoms with Crippen LogP contribution in [0.3, 0.4) is 0 Å². The van der Waals surface area contributed by atoms with Crippen molar-refractivity contribution in [1.29, 1.82) is 0 Å². The molecule has 1 saturated heterocycles. The largest absolute Gasteiger partial charge is 0.445 e. The Kier molecular flexibility index (Phi) is 34.4. The summed E-state index contributed by atoms with van der Waals surface area (Å²) in [5.74, 6) is -6.74. The van der Waals surface area contributed by atoms with E-state index in [9.17, 15) is 57.5 Å². The number of likely N-dealkylation sites (N-methyl/N-ethyl adjacent to an activating group) is 2. The molecule has 11 atom stereocenters. The third-order valence-corrected chi connectivity index (χ3v) is 19.3. The molecule has 562 valence electrons. The summed E-state index contributed by atoms with van der Waals surface area (Å²) < 4.78 is 23.4. The second-order valence-electron chi connectivity index (χ2n) is 26.9. The van der Waals surface area contributed by atoms with E-state index < -0.39 is 132 Å². The molecule has 2 aromatic carbocycles. The molecule has 5 rings (SSSR count). The first kappa shape index (κ1) is 83.8. The molecule has 0 aliphatic carbocycles. The molecule has 3 aromatic rings. The van der Waals surface area contributed by atoms with Gasteiger partial charge in [0.25, 0.3) is 11.8 Å². The van der Waals surface area contributed by atoms with Crippen LogP contribution in [0.1, 0.15) is 136 Å². The van der Waals surface area contributed by atoms with E-state index in [0.29, 0.717) is 43.5 Å². The first-order valence-electron chi connectivity index (χ1n) is 35.0. The van der Waals surface area contributed by atoms with E-state index in [-0.39, 0.29) is 95.3 Å². The molecule has 0 saturated carbocycles. The summed E-state index contributed by atoms with van der Waals surface area (Å²) in [6, 6.07) is 9.64. The highest BCUT2D eigenvalue weighted by molar-refractivity contribution is 7.09. The van der Waals surface area contributed by atoms with Crippen molar-refractivity contribution in [3.05, 3.63) is 94.5 Å². The summed E-state index contributed by atoms with van der Waals surface area (Å²) in [7, 11) is 6.14. The third kappa shape index (κ3) is 25.3. The van der Waals surface area contributed by atoms with Crippen LogP contribution in [0, 0.1) is 29.6 Å². The van der Waals surface area contributed by atoms with Gasteiger partial charge >= 0.3 is 12.1 Å². The second-order valence-corrected chi connectivity index (χ2v) is 27.8. The number of thiazole rings is 1. The molecule has 0 bridgehead atoms. The van der Waals surface area contributed by atoms with E-state index in [1.165, 1.54) is 30.4 Å². The predicted octanol–water partition coefficient (Wildman–Crippen LogP) is 4.75. The minimum absolute atomic E-state index is 0.0457. The maximum absolute atomic E-state index is 14.9. The first-order valence-corrected chi connectivity index (χ1v) is 35.9. The number of methoxy groups -OCH3 is 2. The summed E-state index contributed by atoms with van der Waals surface area (Å²) in [4.78, 5) is 170. The molecule has 2 aliphatic heterocycles. The lowest BCUT2D eigenvalue weighted by Gasteiger charge is -2.41. The minimum Gasteiger partial charge on any atom is -0.445 e. The average Bonchev–Trinajstić information content (AvgIpc) is 1.43. The number of primary amides is 1. The van der Waals surface area contributed by atoms with Gasteiger partial charge in [0, 0.05) is 96.8 Å². The number of hydrogen-bond acceptors (Lipinski definition) is 18. The van der Waals surface area contributed by atoms with Gasteiger partial charge in [0.15, 0.2) is 0 Å². The van der Waals surface area contributed by atoms with E-state index in [1.54, 1.807) is 96.0 Å². The number of aromatic nitrogens is 1. The van der Waals surface area contributed by atoms with Crippen molar-refractivity contribution in [3.8, 4) is 0 Å². The molecule has 2 aliphatic rings. The highest BCUT2D eigenvalue weighted by Crippen LogP contribution is 2.31. The third-order valence-electron chi connectivity index (χ3n) is 18.4. The summed E-state index contributed by atoms with van der Waals surface area (Å²) >= 11 is 1.47. The number of nitrogens with zero attached hydrogens (tertiary/aromatic N) is 5. The Morgan fingerprint density at radius 1 is 0.716 bits per heavy atom. The van der Waals surface area contributed by atoms with Crippen LogP contribution < -0.4 is 43.0 Å². The van der Waals surface area contributed by atoms with Crippen LogP contribution in [0.25, 0.3) is 0 Å². The van der Waals surface area contributed by atoms with Crippen LogP contribution in [0.4, 0.5) is 15.3 Å².